The summed E-state index contributed by atoms with van der Waals surface area (Å²) >= 11 is 0. The lowest BCUT2D eigenvalue weighted by Crippen LogP contribution is -2.30. The number of ether oxygens (including phenoxy) is 2. The van der Waals surface area contributed by atoms with Crippen LogP contribution in [0.1, 0.15) is 130 Å². The fraction of sp³-hybridized carbons (Fsp3) is 0.926. The molecule has 0 aliphatic heterocycles. The first kappa shape index (κ1) is 28.0. The van der Waals surface area contributed by atoms with Crippen LogP contribution in [0, 0.1) is 17.8 Å². The van der Waals surface area contributed by atoms with E-state index in [1.807, 2.05) is 0 Å². The van der Waals surface area contributed by atoms with Crippen molar-refractivity contribution < 1.29 is 19.1 Å². The first-order valence-corrected chi connectivity index (χ1v) is 13.4. The van der Waals surface area contributed by atoms with E-state index in [1.54, 1.807) is 0 Å². The zero-order chi connectivity index (χ0) is 22.7. The Bertz CT molecular complexity index is 460. The van der Waals surface area contributed by atoms with Gasteiger partial charge in [-0.15, -0.1) is 0 Å². The van der Waals surface area contributed by atoms with Crippen molar-refractivity contribution in [3.63, 3.8) is 0 Å². The quantitative estimate of drug-likeness (QED) is 0.163. The Hall–Kier alpha value is -1.06. The van der Waals surface area contributed by atoms with Crippen LogP contribution in [0.3, 0.4) is 0 Å². The van der Waals surface area contributed by atoms with Crippen molar-refractivity contribution >= 4 is 11.9 Å². The van der Waals surface area contributed by atoms with Gasteiger partial charge < -0.3 is 9.47 Å². The lowest BCUT2D eigenvalue weighted by atomic mass is 9.81. The molecule has 0 amide bonds. The van der Waals surface area contributed by atoms with E-state index in [-0.39, 0.29) is 23.8 Å². The van der Waals surface area contributed by atoms with E-state index >= 15 is 0 Å². The van der Waals surface area contributed by atoms with Gasteiger partial charge in [0.15, 0.2) is 0 Å². The summed E-state index contributed by atoms with van der Waals surface area (Å²) < 4.78 is 11.0. The van der Waals surface area contributed by atoms with Crippen LogP contribution in [-0.2, 0) is 19.1 Å². The maximum atomic E-state index is 12.4. The Labute approximate surface area is 192 Å². The molecule has 4 nitrogen and oxygen atoms in total. The van der Waals surface area contributed by atoms with Crippen molar-refractivity contribution in [2.45, 2.75) is 130 Å². The summed E-state index contributed by atoms with van der Waals surface area (Å²) in [6, 6.07) is 0. The molecule has 1 aliphatic rings. The molecule has 31 heavy (non-hydrogen) atoms. The Balaban J connectivity index is 2.08. The average Bonchev–Trinajstić information content (AvgIpc) is 2.77. The van der Waals surface area contributed by atoms with Gasteiger partial charge in [0, 0.05) is 0 Å². The maximum absolute atomic E-state index is 12.4. The van der Waals surface area contributed by atoms with E-state index in [4.69, 9.17) is 9.47 Å². The van der Waals surface area contributed by atoms with E-state index < -0.39 is 0 Å². The second kappa shape index (κ2) is 18.5. The summed E-state index contributed by atoms with van der Waals surface area (Å²) in [7, 11) is 0. The molecule has 182 valence electrons. The molecule has 2 atom stereocenters. The van der Waals surface area contributed by atoms with Crippen molar-refractivity contribution in [2.75, 3.05) is 13.2 Å². The highest BCUT2D eigenvalue weighted by Gasteiger charge is 2.32. The molecule has 0 saturated heterocycles. The number of carbonyl (C=O) groups is 2. The first-order chi connectivity index (χ1) is 15.0. The second-order valence-corrected chi connectivity index (χ2v) is 9.97. The summed E-state index contributed by atoms with van der Waals surface area (Å²) in [6.45, 7) is 7.82. The van der Waals surface area contributed by atoms with Gasteiger partial charge in [0.25, 0.3) is 0 Å². The van der Waals surface area contributed by atoms with Gasteiger partial charge in [-0.05, 0) is 38.0 Å². The second-order valence-electron chi connectivity index (χ2n) is 9.97. The number of rotatable bonds is 18. The Morgan fingerprint density at radius 1 is 0.710 bits per heavy atom. The molecular formula is C27H50O4. The molecule has 0 aromatic heterocycles. The third kappa shape index (κ3) is 14.6. The summed E-state index contributed by atoms with van der Waals surface area (Å²) in [4.78, 5) is 24.8. The third-order valence-corrected chi connectivity index (χ3v) is 6.50. The maximum Gasteiger partial charge on any atom is 0.308 e. The van der Waals surface area contributed by atoms with Crippen molar-refractivity contribution in [2.24, 2.45) is 17.8 Å². The fourth-order valence-corrected chi connectivity index (χ4v) is 4.44. The van der Waals surface area contributed by atoms with Gasteiger partial charge in [0.2, 0.25) is 0 Å². The van der Waals surface area contributed by atoms with Crippen molar-refractivity contribution in [1.82, 2.24) is 0 Å². The van der Waals surface area contributed by atoms with Crippen LogP contribution >= 0.6 is 0 Å². The van der Waals surface area contributed by atoms with E-state index in [9.17, 15) is 9.59 Å². The van der Waals surface area contributed by atoms with E-state index in [1.165, 1.54) is 57.8 Å². The average molecular weight is 439 g/mol. The minimum absolute atomic E-state index is 0.106. The molecule has 2 unspecified atom stereocenters. The zero-order valence-corrected chi connectivity index (χ0v) is 20.8. The summed E-state index contributed by atoms with van der Waals surface area (Å²) in [5, 5.41) is 0. The van der Waals surface area contributed by atoms with E-state index in [0.717, 1.165) is 50.9 Å². The molecule has 1 saturated carbocycles. The molecular weight excluding hydrogens is 388 g/mol. The van der Waals surface area contributed by atoms with Crippen molar-refractivity contribution in [3.05, 3.63) is 0 Å². The van der Waals surface area contributed by atoms with Gasteiger partial charge in [-0.3, -0.25) is 9.59 Å². The highest BCUT2D eigenvalue weighted by Crippen LogP contribution is 2.31. The number of carbonyl (C=O) groups excluding carboxylic acids is 2. The van der Waals surface area contributed by atoms with Crippen LogP contribution < -0.4 is 0 Å². The van der Waals surface area contributed by atoms with Crippen LogP contribution in [0.2, 0.25) is 0 Å². The molecule has 0 bridgehead atoms. The molecule has 0 radical (unpaired) electrons. The largest absolute Gasteiger partial charge is 0.465 e. The smallest absolute Gasteiger partial charge is 0.308 e. The van der Waals surface area contributed by atoms with Crippen molar-refractivity contribution in [1.29, 1.82) is 0 Å². The molecule has 1 aliphatic carbocycles. The standard InChI is InChI=1S/C27H50O4/c1-4-5-6-7-11-14-20-30-26(28)24-18-16-19-25(22-24)27(29)31-21-15-12-9-8-10-13-17-23(2)3/h23-25H,4-22H2,1-3H3. The summed E-state index contributed by atoms with van der Waals surface area (Å²) in [6.07, 6.45) is 18.9. The highest BCUT2D eigenvalue weighted by molar-refractivity contribution is 5.76. The number of hydrogen-bond donors (Lipinski definition) is 0. The minimum atomic E-state index is -0.128. The zero-order valence-electron chi connectivity index (χ0n) is 20.8. The number of esters is 2. The monoisotopic (exact) mass is 438 g/mol. The van der Waals surface area contributed by atoms with Gasteiger partial charge in [0.05, 0.1) is 25.0 Å². The van der Waals surface area contributed by atoms with Gasteiger partial charge in [-0.2, -0.15) is 0 Å². The third-order valence-electron chi connectivity index (χ3n) is 6.50. The molecule has 0 spiro atoms. The molecule has 0 aromatic rings. The molecule has 1 rings (SSSR count). The number of hydrogen-bond acceptors (Lipinski definition) is 4. The Morgan fingerprint density at radius 3 is 1.65 bits per heavy atom. The molecule has 0 N–H and O–H groups in total. The Kier molecular flexibility index (Phi) is 16.7. The number of unbranched alkanes of at least 4 members (excludes halogenated alkanes) is 10. The SMILES string of the molecule is CCCCCCCCOC(=O)C1CCCC(C(=O)OCCCCCCCCC(C)C)C1. The lowest BCUT2D eigenvalue weighted by molar-refractivity contribution is -0.155. The fourth-order valence-electron chi connectivity index (χ4n) is 4.44. The molecule has 0 aromatic carbocycles. The van der Waals surface area contributed by atoms with Gasteiger partial charge >= 0.3 is 11.9 Å². The van der Waals surface area contributed by atoms with E-state index in [2.05, 4.69) is 20.8 Å². The van der Waals surface area contributed by atoms with Crippen LogP contribution in [0.4, 0.5) is 0 Å². The Morgan fingerprint density at radius 2 is 1.16 bits per heavy atom. The van der Waals surface area contributed by atoms with Gasteiger partial charge in [-0.1, -0.05) is 97.8 Å². The summed E-state index contributed by atoms with van der Waals surface area (Å²) in [5.41, 5.74) is 0. The predicted octanol–water partition coefficient (Wildman–Crippen LogP) is 7.63. The molecule has 4 heteroatoms. The highest BCUT2D eigenvalue weighted by atomic mass is 16.5. The van der Waals surface area contributed by atoms with Crippen LogP contribution in [0.5, 0.6) is 0 Å². The van der Waals surface area contributed by atoms with E-state index in [0.29, 0.717) is 19.6 Å². The molecule has 0 heterocycles. The molecule has 1 fully saturated rings. The summed E-state index contributed by atoms with van der Waals surface area (Å²) in [5.74, 6) is 0.337. The normalized spacial score (nSPS) is 18.8. The predicted molar refractivity (Wildman–Crippen MR) is 128 cm³/mol. The van der Waals surface area contributed by atoms with Gasteiger partial charge in [0.1, 0.15) is 0 Å². The van der Waals surface area contributed by atoms with Crippen molar-refractivity contribution in [3.8, 4) is 0 Å². The minimum Gasteiger partial charge on any atom is -0.465 e. The first-order valence-electron chi connectivity index (χ1n) is 13.4. The lowest BCUT2D eigenvalue weighted by Gasteiger charge is -2.26. The topological polar surface area (TPSA) is 52.6 Å². The van der Waals surface area contributed by atoms with Crippen LogP contribution in [0.15, 0.2) is 0 Å². The van der Waals surface area contributed by atoms with Crippen LogP contribution in [0.25, 0.3) is 0 Å². The van der Waals surface area contributed by atoms with Gasteiger partial charge in [-0.25, -0.2) is 0 Å². The van der Waals surface area contributed by atoms with Crippen LogP contribution in [-0.4, -0.2) is 25.2 Å².